The van der Waals surface area contributed by atoms with Crippen molar-refractivity contribution in [3.8, 4) is 0 Å². The summed E-state index contributed by atoms with van der Waals surface area (Å²) in [7, 11) is 0. The molecular formula is C14H15FN2OS2. The van der Waals surface area contributed by atoms with Gasteiger partial charge in [-0.1, -0.05) is 23.9 Å². The van der Waals surface area contributed by atoms with E-state index in [0.717, 1.165) is 9.90 Å². The highest BCUT2D eigenvalue weighted by Crippen LogP contribution is 2.24. The number of amides is 1. The highest BCUT2D eigenvalue weighted by Gasteiger charge is 2.14. The third kappa shape index (κ3) is 4.61. The molecule has 0 saturated carbocycles. The second-order valence-corrected chi connectivity index (χ2v) is 6.71. The highest BCUT2D eigenvalue weighted by atomic mass is 32.2. The summed E-state index contributed by atoms with van der Waals surface area (Å²) in [5, 5.41) is 4.60. The minimum absolute atomic E-state index is 0.00712. The number of nitrogens with zero attached hydrogens (tertiary/aromatic N) is 1. The van der Waals surface area contributed by atoms with E-state index in [9.17, 15) is 9.18 Å². The van der Waals surface area contributed by atoms with Crippen molar-refractivity contribution in [3.63, 3.8) is 0 Å². The Labute approximate surface area is 125 Å². The number of aromatic nitrogens is 1. The maximum absolute atomic E-state index is 12.7. The molecule has 3 nitrogen and oxygen atoms in total. The third-order valence-corrected chi connectivity index (χ3v) is 4.70. The quantitative estimate of drug-likeness (QED) is 0.834. The van der Waals surface area contributed by atoms with Gasteiger partial charge < -0.3 is 5.32 Å². The van der Waals surface area contributed by atoms with Crippen LogP contribution in [0.15, 0.2) is 40.2 Å². The molecule has 0 aliphatic heterocycles. The molecule has 0 unspecified atom stereocenters. The van der Waals surface area contributed by atoms with Gasteiger partial charge in [0.2, 0.25) is 5.91 Å². The Balaban J connectivity index is 1.73. The Bertz CT molecular complexity index is 543. The van der Waals surface area contributed by atoms with Gasteiger partial charge in [0, 0.05) is 18.1 Å². The standard InChI is InChI=1S/C14H15FN2OS2/c1-10(20-14-17-8-9-19-14)13(18)16-7-6-11-2-4-12(15)5-3-11/h2-5,8-10H,6-7H2,1H3,(H,16,18)/t10-/m0/s1. The first-order valence-corrected chi connectivity index (χ1v) is 7.99. The molecule has 1 amide bonds. The summed E-state index contributed by atoms with van der Waals surface area (Å²) in [5.74, 6) is -0.251. The Kier molecular flexibility index (Phi) is 5.55. The normalized spacial score (nSPS) is 12.1. The number of thioether (sulfide) groups is 1. The molecule has 2 aromatic rings. The number of carbonyl (C=O) groups is 1. The highest BCUT2D eigenvalue weighted by molar-refractivity contribution is 8.02. The average Bonchev–Trinajstić information content (AvgIpc) is 2.93. The van der Waals surface area contributed by atoms with Crippen molar-refractivity contribution in [2.45, 2.75) is 22.9 Å². The SMILES string of the molecule is C[C@H](Sc1nccs1)C(=O)NCCc1ccc(F)cc1. The first-order valence-electron chi connectivity index (χ1n) is 6.23. The number of thiazole rings is 1. The van der Waals surface area contributed by atoms with Crippen LogP contribution >= 0.6 is 23.1 Å². The van der Waals surface area contributed by atoms with Gasteiger partial charge in [-0.2, -0.15) is 0 Å². The molecule has 1 atom stereocenters. The van der Waals surface area contributed by atoms with Crippen LogP contribution in [0.4, 0.5) is 4.39 Å². The van der Waals surface area contributed by atoms with E-state index in [1.165, 1.54) is 35.2 Å². The molecule has 0 saturated heterocycles. The van der Waals surface area contributed by atoms with Crippen molar-refractivity contribution in [1.29, 1.82) is 0 Å². The summed E-state index contributed by atoms with van der Waals surface area (Å²) in [6, 6.07) is 6.32. The lowest BCUT2D eigenvalue weighted by atomic mass is 10.1. The Morgan fingerprint density at radius 1 is 1.45 bits per heavy atom. The zero-order valence-corrected chi connectivity index (χ0v) is 12.6. The number of rotatable bonds is 6. The van der Waals surface area contributed by atoms with Gasteiger partial charge in [0.15, 0.2) is 4.34 Å². The molecule has 0 bridgehead atoms. The van der Waals surface area contributed by atoms with E-state index in [0.29, 0.717) is 13.0 Å². The van der Waals surface area contributed by atoms with Crippen LogP contribution in [0, 0.1) is 5.82 Å². The fourth-order valence-corrected chi connectivity index (χ4v) is 3.39. The van der Waals surface area contributed by atoms with E-state index in [1.54, 1.807) is 18.3 Å². The molecule has 1 N–H and O–H groups in total. The maximum Gasteiger partial charge on any atom is 0.233 e. The van der Waals surface area contributed by atoms with Crippen LogP contribution in [0.5, 0.6) is 0 Å². The number of nitrogens with one attached hydrogen (secondary N) is 1. The van der Waals surface area contributed by atoms with Gasteiger partial charge >= 0.3 is 0 Å². The molecule has 0 fully saturated rings. The average molecular weight is 310 g/mol. The maximum atomic E-state index is 12.7. The second-order valence-electron chi connectivity index (χ2n) is 4.23. The molecule has 0 aliphatic carbocycles. The largest absolute Gasteiger partial charge is 0.355 e. The van der Waals surface area contributed by atoms with Gasteiger partial charge in [0.05, 0.1) is 5.25 Å². The van der Waals surface area contributed by atoms with E-state index in [2.05, 4.69) is 10.3 Å². The summed E-state index contributed by atoms with van der Waals surface area (Å²) in [6.07, 6.45) is 2.42. The fourth-order valence-electron chi connectivity index (χ4n) is 1.60. The van der Waals surface area contributed by atoms with Gasteiger partial charge in [0.1, 0.15) is 5.82 Å². The van der Waals surface area contributed by atoms with E-state index < -0.39 is 0 Å². The number of benzene rings is 1. The minimum atomic E-state index is -0.244. The van der Waals surface area contributed by atoms with Gasteiger partial charge in [-0.15, -0.1) is 11.3 Å². The number of hydrogen-bond acceptors (Lipinski definition) is 4. The third-order valence-electron chi connectivity index (χ3n) is 2.68. The van der Waals surface area contributed by atoms with Crippen LogP contribution in [-0.4, -0.2) is 22.7 Å². The van der Waals surface area contributed by atoms with Gasteiger partial charge in [-0.05, 0) is 31.0 Å². The summed E-state index contributed by atoms with van der Waals surface area (Å²) in [6.45, 7) is 2.41. The van der Waals surface area contributed by atoms with Crippen LogP contribution in [0.25, 0.3) is 0 Å². The summed E-state index contributed by atoms with van der Waals surface area (Å²) in [5.41, 5.74) is 1.01. The van der Waals surface area contributed by atoms with Crippen molar-refractivity contribution in [1.82, 2.24) is 10.3 Å². The lowest BCUT2D eigenvalue weighted by molar-refractivity contribution is -0.120. The predicted octanol–water partition coefficient (Wildman–Crippen LogP) is 3.12. The van der Waals surface area contributed by atoms with Crippen LogP contribution in [0.1, 0.15) is 12.5 Å². The van der Waals surface area contributed by atoms with Crippen LogP contribution in [-0.2, 0) is 11.2 Å². The molecule has 106 valence electrons. The van der Waals surface area contributed by atoms with Crippen LogP contribution in [0.3, 0.4) is 0 Å². The second kappa shape index (κ2) is 7.40. The van der Waals surface area contributed by atoms with Crippen LogP contribution < -0.4 is 5.32 Å². The van der Waals surface area contributed by atoms with E-state index in [4.69, 9.17) is 0 Å². The number of hydrogen-bond donors (Lipinski definition) is 1. The molecule has 0 aliphatic rings. The van der Waals surface area contributed by atoms with Crippen molar-refractivity contribution >= 4 is 29.0 Å². The lowest BCUT2D eigenvalue weighted by Crippen LogP contribution is -2.32. The molecule has 0 spiro atoms. The summed E-state index contributed by atoms with van der Waals surface area (Å²) < 4.78 is 13.6. The van der Waals surface area contributed by atoms with E-state index in [1.807, 2.05) is 12.3 Å². The van der Waals surface area contributed by atoms with Crippen molar-refractivity contribution in [3.05, 3.63) is 47.2 Å². The molecule has 1 heterocycles. The van der Waals surface area contributed by atoms with E-state index >= 15 is 0 Å². The van der Waals surface area contributed by atoms with Crippen molar-refractivity contribution < 1.29 is 9.18 Å². The zero-order chi connectivity index (χ0) is 14.4. The molecule has 6 heteroatoms. The van der Waals surface area contributed by atoms with E-state index in [-0.39, 0.29) is 17.0 Å². The topological polar surface area (TPSA) is 42.0 Å². The molecule has 20 heavy (non-hydrogen) atoms. The Morgan fingerprint density at radius 2 is 2.20 bits per heavy atom. The predicted molar refractivity (Wildman–Crippen MR) is 80.5 cm³/mol. The Hall–Kier alpha value is -1.40. The smallest absolute Gasteiger partial charge is 0.233 e. The summed E-state index contributed by atoms with van der Waals surface area (Å²) in [4.78, 5) is 16.0. The van der Waals surface area contributed by atoms with Gasteiger partial charge in [-0.25, -0.2) is 9.37 Å². The Morgan fingerprint density at radius 3 is 2.85 bits per heavy atom. The molecule has 1 aromatic heterocycles. The monoisotopic (exact) mass is 310 g/mol. The van der Waals surface area contributed by atoms with Crippen molar-refractivity contribution in [2.75, 3.05) is 6.54 Å². The first kappa shape index (κ1) is 15.0. The van der Waals surface area contributed by atoms with Gasteiger partial charge in [-0.3, -0.25) is 4.79 Å². The first-order chi connectivity index (χ1) is 9.65. The van der Waals surface area contributed by atoms with Crippen LogP contribution in [0.2, 0.25) is 0 Å². The van der Waals surface area contributed by atoms with Gasteiger partial charge in [0.25, 0.3) is 0 Å². The fraction of sp³-hybridized carbons (Fsp3) is 0.286. The number of carbonyl (C=O) groups excluding carboxylic acids is 1. The van der Waals surface area contributed by atoms with Crippen molar-refractivity contribution in [2.24, 2.45) is 0 Å². The molecular weight excluding hydrogens is 295 g/mol. The minimum Gasteiger partial charge on any atom is -0.355 e. The summed E-state index contributed by atoms with van der Waals surface area (Å²) >= 11 is 2.98. The zero-order valence-electron chi connectivity index (χ0n) is 11.0. The molecule has 0 radical (unpaired) electrons. The molecule has 1 aromatic carbocycles. The lowest BCUT2D eigenvalue weighted by Gasteiger charge is -2.10. The number of halogens is 1. The molecule has 2 rings (SSSR count).